The fraction of sp³-hybridized carbons (Fsp3) is 0.300. The third kappa shape index (κ3) is 2.97. The van der Waals surface area contributed by atoms with E-state index in [1.54, 1.807) is 18.2 Å². The number of hydrogen-bond acceptors (Lipinski definition) is 3. The van der Waals surface area contributed by atoms with Crippen molar-refractivity contribution in [1.29, 1.82) is 0 Å². The van der Waals surface area contributed by atoms with Gasteiger partial charge in [0.15, 0.2) is 6.61 Å². The standard InChI is InChI=1S/C20H20N2O3/c23-18-12-25-17-11-14(7-8-16(17)22-18)19(24)21-13-20(9-4-10-20)15-5-2-1-3-6-15/h1-3,5-8,11H,4,9-10,12-13H2,(H,21,24)(H,22,23). The highest BCUT2D eigenvalue weighted by molar-refractivity contribution is 5.99. The quantitative estimate of drug-likeness (QED) is 0.902. The normalized spacial score (nSPS) is 17.5. The van der Waals surface area contributed by atoms with E-state index in [1.807, 2.05) is 18.2 Å². The molecule has 128 valence electrons. The maximum Gasteiger partial charge on any atom is 0.262 e. The second kappa shape index (κ2) is 6.24. The average molecular weight is 336 g/mol. The number of nitrogens with one attached hydrogen (secondary N) is 2. The molecule has 0 radical (unpaired) electrons. The van der Waals surface area contributed by atoms with Crippen molar-refractivity contribution in [1.82, 2.24) is 5.32 Å². The Bertz CT molecular complexity index is 813. The molecule has 1 saturated carbocycles. The van der Waals surface area contributed by atoms with Gasteiger partial charge in [-0.1, -0.05) is 36.8 Å². The lowest BCUT2D eigenvalue weighted by atomic mass is 9.64. The number of hydrogen-bond donors (Lipinski definition) is 2. The minimum Gasteiger partial charge on any atom is -0.482 e. The van der Waals surface area contributed by atoms with Gasteiger partial charge < -0.3 is 15.4 Å². The molecule has 2 aromatic rings. The zero-order chi connectivity index (χ0) is 17.3. The van der Waals surface area contributed by atoms with Crippen molar-refractivity contribution in [3.8, 4) is 5.75 Å². The van der Waals surface area contributed by atoms with Gasteiger partial charge in [0.25, 0.3) is 11.8 Å². The van der Waals surface area contributed by atoms with Crippen molar-refractivity contribution in [3.05, 3.63) is 59.7 Å². The van der Waals surface area contributed by atoms with Crippen LogP contribution in [0.15, 0.2) is 48.5 Å². The van der Waals surface area contributed by atoms with Crippen molar-refractivity contribution < 1.29 is 14.3 Å². The summed E-state index contributed by atoms with van der Waals surface area (Å²) in [7, 11) is 0. The average Bonchev–Trinajstić information content (AvgIpc) is 2.61. The van der Waals surface area contributed by atoms with Gasteiger partial charge >= 0.3 is 0 Å². The van der Waals surface area contributed by atoms with Crippen LogP contribution in [0.1, 0.15) is 35.2 Å². The first kappa shape index (κ1) is 15.7. The van der Waals surface area contributed by atoms with Gasteiger partial charge in [-0.25, -0.2) is 0 Å². The van der Waals surface area contributed by atoms with Crippen LogP contribution in [0.25, 0.3) is 0 Å². The van der Waals surface area contributed by atoms with E-state index in [0.717, 1.165) is 12.8 Å². The van der Waals surface area contributed by atoms with Crippen LogP contribution in [-0.4, -0.2) is 25.0 Å². The number of rotatable bonds is 4. The Morgan fingerprint density at radius 1 is 1.16 bits per heavy atom. The molecule has 0 saturated heterocycles. The Morgan fingerprint density at radius 3 is 2.68 bits per heavy atom. The summed E-state index contributed by atoms with van der Waals surface area (Å²) in [6.45, 7) is 0.611. The van der Waals surface area contributed by atoms with E-state index in [4.69, 9.17) is 4.74 Å². The predicted molar refractivity (Wildman–Crippen MR) is 94.9 cm³/mol. The van der Waals surface area contributed by atoms with E-state index >= 15 is 0 Å². The minimum absolute atomic E-state index is 0.0187. The summed E-state index contributed by atoms with van der Waals surface area (Å²) in [5.41, 5.74) is 2.48. The molecule has 2 aliphatic rings. The summed E-state index contributed by atoms with van der Waals surface area (Å²) in [6, 6.07) is 15.5. The van der Waals surface area contributed by atoms with Crippen LogP contribution in [0, 0.1) is 0 Å². The Labute approximate surface area is 146 Å². The highest BCUT2D eigenvalue weighted by atomic mass is 16.5. The number of carbonyl (C=O) groups excluding carboxylic acids is 2. The summed E-state index contributed by atoms with van der Waals surface area (Å²) < 4.78 is 5.38. The van der Waals surface area contributed by atoms with Crippen molar-refractivity contribution in [2.75, 3.05) is 18.5 Å². The smallest absolute Gasteiger partial charge is 0.262 e. The number of benzene rings is 2. The Kier molecular flexibility index (Phi) is 3.92. The fourth-order valence-electron chi connectivity index (χ4n) is 3.53. The van der Waals surface area contributed by atoms with E-state index in [2.05, 4.69) is 22.8 Å². The molecule has 1 fully saturated rings. The summed E-state index contributed by atoms with van der Waals surface area (Å²) in [6.07, 6.45) is 3.38. The number of carbonyl (C=O) groups is 2. The van der Waals surface area contributed by atoms with Crippen LogP contribution in [0.3, 0.4) is 0 Å². The first-order valence-electron chi connectivity index (χ1n) is 8.57. The van der Waals surface area contributed by atoms with Crippen LogP contribution >= 0.6 is 0 Å². The fourth-order valence-corrected chi connectivity index (χ4v) is 3.53. The van der Waals surface area contributed by atoms with Crippen LogP contribution < -0.4 is 15.4 Å². The van der Waals surface area contributed by atoms with E-state index in [-0.39, 0.29) is 23.8 Å². The number of ether oxygens (including phenoxy) is 1. The van der Waals surface area contributed by atoms with Gasteiger partial charge in [0, 0.05) is 17.5 Å². The summed E-state index contributed by atoms with van der Waals surface area (Å²) in [5.74, 6) is 0.235. The van der Waals surface area contributed by atoms with Crippen molar-refractivity contribution in [3.63, 3.8) is 0 Å². The third-order valence-corrected chi connectivity index (χ3v) is 5.16. The molecule has 1 heterocycles. The van der Waals surface area contributed by atoms with E-state index in [0.29, 0.717) is 23.5 Å². The molecule has 4 rings (SSSR count). The molecule has 0 unspecified atom stereocenters. The van der Waals surface area contributed by atoms with E-state index in [1.165, 1.54) is 12.0 Å². The minimum atomic E-state index is -0.181. The molecule has 0 atom stereocenters. The molecule has 25 heavy (non-hydrogen) atoms. The number of anilines is 1. The van der Waals surface area contributed by atoms with Gasteiger partial charge in [-0.2, -0.15) is 0 Å². The van der Waals surface area contributed by atoms with Crippen molar-refractivity contribution >= 4 is 17.5 Å². The molecular weight excluding hydrogens is 316 g/mol. The molecule has 5 heteroatoms. The van der Waals surface area contributed by atoms with Crippen LogP contribution in [0.4, 0.5) is 5.69 Å². The van der Waals surface area contributed by atoms with Crippen molar-refractivity contribution in [2.45, 2.75) is 24.7 Å². The lowest BCUT2D eigenvalue weighted by Gasteiger charge is -2.42. The first-order valence-corrected chi connectivity index (χ1v) is 8.57. The monoisotopic (exact) mass is 336 g/mol. The van der Waals surface area contributed by atoms with E-state index in [9.17, 15) is 9.59 Å². The van der Waals surface area contributed by atoms with Crippen molar-refractivity contribution in [2.24, 2.45) is 0 Å². The molecule has 1 aliphatic carbocycles. The molecule has 5 nitrogen and oxygen atoms in total. The maximum absolute atomic E-state index is 12.6. The van der Waals surface area contributed by atoms with E-state index < -0.39 is 0 Å². The third-order valence-electron chi connectivity index (χ3n) is 5.16. The summed E-state index contributed by atoms with van der Waals surface area (Å²) in [4.78, 5) is 23.9. The van der Waals surface area contributed by atoms with Gasteiger partial charge in [0.2, 0.25) is 0 Å². The second-order valence-electron chi connectivity index (χ2n) is 6.73. The maximum atomic E-state index is 12.6. The molecular formula is C20H20N2O3. The molecule has 1 aliphatic heterocycles. The number of fused-ring (bicyclic) bond motifs is 1. The van der Waals surface area contributed by atoms with Crippen LogP contribution in [0.2, 0.25) is 0 Å². The molecule has 0 spiro atoms. The molecule has 0 aromatic heterocycles. The molecule has 2 amide bonds. The molecule has 2 N–H and O–H groups in total. The Hall–Kier alpha value is -2.82. The second-order valence-corrected chi connectivity index (χ2v) is 6.73. The van der Waals surface area contributed by atoms with Crippen LogP contribution in [0.5, 0.6) is 5.75 Å². The SMILES string of the molecule is O=C1COc2cc(C(=O)NCC3(c4ccccc4)CCC3)ccc2N1. The molecule has 2 aromatic carbocycles. The Morgan fingerprint density at radius 2 is 1.96 bits per heavy atom. The van der Waals surface area contributed by atoms with Gasteiger partial charge in [-0.3, -0.25) is 9.59 Å². The highest BCUT2D eigenvalue weighted by Gasteiger charge is 2.38. The molecule has 0 bridgehead atoms. The lowest BCUT2D eigenvalue weighted by molar-refractivity contribution is -0.118. The van der Waals surface area contributed by atoms with Gasteiger partial charge in [-0.15, -0.1) is 0 Å². The largest absolute Gasteiger partial charge is 0.482 e. The lowest BCUT2D eigenvalue weighted by Crippen LogP contribution is -2.45. The Balaban J connectivity index is 1.46. The first-order chi connectivity index (χ1) is 12.2. The summed E-state index contributed by atoms with van der Waals surface area (Å²) >= 11 is 0. The zero-order valence-electron chi connectivity index (χ0n) is 13.9. The highest BCUT2D eigenvalue weighted by Crippen LogP contribution is 2.43. The van der Waals surface area contributed by atoms with Gasteiger partial charge in [0.05, 0.1) is 5.69 Å². The van der Waals surface area contributed by atoms with Crippen LogP contribution in [-0.2, 0) is 10.2 Å². The van der Waals surface area contributed by atoms with Gasteiger partial charge in [0.1, 0.15) is 5.75 Å². The zero-order valence-corrected chi connectivity index (χ0v) is 13.9. The topological polar surface area (TPSA) is 67.4 Å². The summed E-state index contributed by atoms with van der Waals surface area (Å²) in [5, 5.41) is 5.80. The number of amides is 2. The predicted octanol–water partition coefficient (Wildman–Crippen LogP) is 2.87. The van der Waals surface area contributed by atoms with Gasteiger partial charge in [-0.05, 0) is 36.6 Å².